The van der Waals surface area contributed by atoms with E-state index in [4.69, 9.17) is 4.74 Å². The van der Waals surface area contributed by atoms with Crippen LogP contribution < -0.4 is 15.0 Å². The quantitative estimate of drug-likeness (QED) is 0.933. The van der Waals surface area contributed by atoms with Crippen LogP contribution in [0.15, 0.2) is 36.7 Å². The monoisotopic (exact) mass is 340 g/mol. The highest BCUT2D eigenvalue weighted by Gasteiger charge is 2.21. The van der Waals surface area contributed by atoms with E-state index in [9.17, 15) is 4.79 Å². The Bertz CT molecular complexity index is 717. The first-order valence-electron chi connectivity index (χ1n) is 8.44. The second kappa shape index (κ2) is 7.42. The number of rotatable bonds is 3. The maximum Gasteiger partial charge on any atom is 0.321 e. The summed E-state index contributed by atoms with van der Waals surface area (Å²) in [5.74, 6) is 0.865. The van der Waals surface area contributed by atoms with E-state index in [2.05, 4.69) is 15.2 Å². The fourth-order valence-electron chi connectivity index (χ4n) is 3.27. The third-order valence-corrected chi connectivity index (χ3v) is 4.51. The van der Waals surface area contributed by atoms with Gasteiger partial charge in [-0.05, 0) is 49.2 Å². The van der Waals surface area contributed by atoms with Crippen molar-refractivity contribution in [1.29, 1.82) is 0 Å². The minimum absolute atomic E-state index is 0.0571. The molecule has 1 aliphatic heterocycles. The first-order chi connectivity index (χ1) is 12.1. The highest BCUT2D eigenvalue weighted by Crippen LogP contribution is 2.27. The minimum Gasteiger partial charge on any atom is -0.496 e. The number of anilines is 2. The molecule has 0 aliphatic carbocycles. The van der Waals surface area contributed by atoms with Crippen LogP contribution >= 0.6 is 0 Å². The Kier molecular flexibility index (Phi) is 5.07. The van der Waals surface area contributed by atoms with Gasteiger partial charge in [-0.3, -0.25) is 4.98 Å². The Labute approximate surface area is 148 Å². The van der Waals surface area contributed by atoms with E-state index in [-0.39, 0.29) is 6.03 Å². The number of ether oxygens (including phenoxy) is 1. The van der Waals surface area contributed by atoms with Gasteiger partial charge in [0.1, 0.15) is 5.75 Å². The molecule has 0 unspecified atom stereocenters. The molecule has 1 N–H and O–H groups in total. The number of piperazine rings is 1. The number of pyridine rings is 1. The van der Waals surface area contributed by atoms with Gasteiger partial charge in [0, 0.05) is 49.9 Å². The van der Waals surface area contributed by atoms with Gasteiger partial charge in [0.25, 0.3) is 0 Å². The molecule has 0 radical (unpaired) electrons. The number of aryl methyl sites for hydroxylation is 2. The maximum absolute atomic E-state index is 12.5. The van der Waals surface area contributed by atoms with Crippen molar-refractivity contribution in [3.63, 3.8) is 0 Å². The number of nitrogens with one attached hydrogen (secondary N) is 1. The van der Waals surface area contributed by atoms with Crippen LogP contribution in [0.2, 0.25) is 0 Å². The van der Waals surface area contributed by atoms with Gasteiger partial charge in [0.05, 0.1) is 7.11 Å². The predicted molar refractivity (Wildman–Crippen MR) is 99.5 cm³/mol. The molecule has 132 valence electrons. The van der Waals surface area contributed by atoms with Gasteiger partial charge in [0.15, 0.2) is 0 Å². The largest absolute Gasteiger partial charge is 0.496 e. The van der Waals surface area contributed by atoms with Crippen molar-refractivity contribution in [2.24, 2.45) is 0 Å². The van der Waals surface area contributed by atoms with Crippen LogP contribution in [-0.4, -0.2) is 49.2 Å². The van der Waals surface area contributed by atoms with Crippen LogP contribution in [0.4, 0.5) is 16.2 Å². The molecular formula is C19H24N4O2. The lowest BCUT2D eigenvalue weighted by Gasteiger charge is -2.36. The summed E-state index contributed by atoms with van der Waals surface area (Å²) in [5.41, 5.74) is 3.98. The van der Waals surface area contributed by atoms with E-state index < -0.39 is 0 Å². The third-order valence-electron chi connectivity index (χ3n) is 4.51. The third kappa shape index (κ3) is 3.84. The molecule has 0 atom stereocenters. The van der Waals surface area contributed by atoms with Gasteiger partial charge in [-0.25, -0.2) is 4.79 Å². The van der Waals surface area contributed by atoms with Crippen molar-refractivity contribution in [2.75, 3.05) is 43.5 Å². The highest BCUT2D eigenvalue weighted by molar-refractivity contribution is 5.90. The summed E-state index contributed by atoms with van der Waals surface area (Å²) < 4.78 is 5.37. The zero-order chi connectivity index (χ0) is 17.8. The number of methoxy groups -OCH3 is 1. The van der Waals surface area contributed by atoms with E-state index in [0.717, 1.165) is 41.3 Å². The molecule has 25 heavy (non-hydrogen) atoms. The van der Waals surface area contributed by atoms with Crippen LogP contribution in [0.5, 0.6) is 5.75 Å². The number of aromatic nitrogens is 1. The van der Waals surface area contributed by atoms with E-state index in [1.54, 1.807) is 19.5 Å². The van der Waals surface area contributed by atoms with Gasteiger partial charge in [-0.15, -0.1) is 0 Å². The Balaban J connectivity index is 1.60. The number of hydrogen-bond donors (Lipinski definition) is 1. The zero-order valence-electron chi connectivity index (χ0n) is 15.0. The fraction of sp³-hybridized carbons (Fsp3) is 0.368. The van der Waals surface area contributed by atoms with Gasteiger partial charge < -0.3 is 19.9 Å². The summed E-state index contributed by atoms with van der Waals surface area (Å²) in [7, 11) is 1.66. The normalized spacial score (nSPS) is 14.4. The van der Waals surface area contributed by atoms with E-state index in [1.165, 1.54) is 0 Å². The van der Waals surface area contributed by atoms with Crippen LogP contribution in [0.1, 0.15) is 11.1 Å². The van der Waals surface area contributed by atoms with Crippen LogP contribution in [-0.2, 0) is 0 Å². The van der Waals surface area contributed by atoms with Crippen molar-refractivity contribution < 1.29 is 9.53 Å². The van der Waals surface area contributed by atoms with Gasteiger partial charge in [0.2, 0.25) is 0 Å². The number of carbonyl (C=O) groups is 1. The Hall–Kier alpha value is -2.76. The van der Waals surface area contributed by atoms with Crippen molar-refractivity contribution in [3.8, 4) is 5.75 Å². The van der Waals surface area contributed by atoms with E-state index in [1.807, 2.05) is 43.0 Å². The molecule has 3 rings (SSSR count). The average molecular weight is 340 g/mol. The van der Waals surface area contributed by atoms with Crippen LogP contribution in [0.3, 0.4) is 0 Å². The second-order valence-electron chi connectivity index (χ2n) is 6.25. The molecule has 1 aliphatic rings. The van der Waals surface area contributed by atoms with Gasteiger partial charge in [-0.1, -0.05) is 0 Å². The minimum atomic E-state index is -0.0571. The summed E-state index contributed by atoms with van der Waals surface area (Å²) in [6.45, 7) is 6.99. The second-order valence-corrected chi connectivity index (χ2v) is 6.25. The van der Waals surface area contributed by atoms with Crippen molar-refractivity contribution >= 4 is 17.4 Å². The molecule has 1 fully saturated rings. The van der Waals surface area contributed by atoms with Crippen LogP contribution in [0, 0.1) is 13.8 Å². The lowest BCUT2D eigenvalue weighted by molar-refractivity contribution is 0.208. The Morgan fingerprint density at radius 2 is 1.68 bits per heavy atom. The van der Waals surface area contributed by atoms with E-state index >= 15 is 0 Å². The Morgan fingerprint density at radius 1 is 1.08 bits per heavy atom. The summed E-state index contributed by atoms with van der Waals surface area (Å²) in [6, 6.07) is 7.82. The highest BCUT2D eigenvalue weighted by atomic mass is 16.5. The van der Waals surface area contributed by atoms with Gasteiger partial charge >= 0.3 is 6.03 Å². The molecule has 6 heteroatoms. The number of amides is 2. The SMILES string of the molecule is COc1c(C)cc(NC(=O)N2CCN(c3ccncc3)CC2)cc1C. The van der Waals surface area contributed by atoms with Crippen LogP contribution in [0.25, 0.3) is 0 Å². The molecule has 1 saturated heterocycles. The summed E-state index contributed by atoms with van der Waals surface area (Å²) in [6.07, 6.45) is 3.59. The van der Waals surface area contributed by atoms with E-state index in [0.29, 0.717) is 13.1 Å². The van der Waals surface area contributed by atoms with Crippen molar-refractivity contribution in [3.05, 3.63) is 47.8 Å². The van der Waals surface area contributed by atoms with Crippen molar-refractivity contribution in [1.82, 2.24) is 9.88 Å². The molecule has 2 amide bonds. The summed E-state index contributed by atoms with van der Waals surface area (Å²) >= 11 is 0. The summed E-state index contributed by atoms with van der Waals surface area (Å²) in [5, 5.41) is 3.00. The first kappa shape index (κ1) is 17.1. The Morgan fingerprint density at radius 3 is 2.24 bits per heavy atom. The smallest absolute Gasteiger partial charge is 0.321 e. The lowest BCUT2D eigenvalue weighted by Crippen LogP contribution is -2.50. The number of carbonyl (C=O) groups excluding carboxylic acids is 1. The maximum atomic E-state index is 12.5. The molecule has 1 aromatic heterocycles. The lowest BCUT2D eigenvalue weighted by atomic mass is 10.1. The number of urea groups is 1. The molecule has 0 saturated carbocycles. The molecular weight excluding hydrogens is 316 g/mol. The molecule has 1 aromatic carbocycles. The zero-order valence-corrected chi connectivity index (χ0v) is 15.0. The molecule has 2 aromatic rings. The number of nitrogens with zero attached hydrogens (tertiary/aromatic N) is 3. The standard InChI is InChI=1S/C19H24N4O2/c1-14-12-16(13-15(2)18(14)25-3)21-19(24)23-10-8-22(9-11-23)17-4-6-20-7-5-17/h4-7,12-13H,8-11H2,1-3H3,(H,21,24). The molecule has 0 bridgehead atoms. The van der Waals surface area contributed by atoms with Gasteiger partial charge in [-0.2, -0.15) is 0 Å². The number of benzene rings is 1. The fourth-order valence-corrected chi connectivity index (χ4v) is 3.27. The first-order valence-corrected chi connectivity index (χ1v) is 8.44. The average Bonchev–Trinajstić information content (AvgIpc) is 2.62. The molecule has 0 spiro atoms. The molecule has 2 heterocycles. The van der Waals surface area contributed by atoms with Crippen molar-refractivity contribution in [2.45, 2.75) is 13.8 Å². The predicted octanol–water partition coefficient (Wildman–Crippen LogP) is 3.06. The molecule has 6 nitrogen and oxygen atoms in total. The summed E-state index contributed by atoms with van der Waals surface area (Å²) in [4.78, 5) is 20.7. The topological polar surface area (TPSA) is 57.7 Å². The number of hydrogen-bond acceptors (Lipinski definition) is 4.